The van der Waals surface area contributed by atoms with E-state index in [0.29, 0.717) is 0 Å². The van der Waals surface area contributed by atoms with Crippen molar-refractivity contribution in [3.8, 4) is 0 Å². The van der Waals surface area contributed by atoms with Crippen LogP contribution in [-0.2, 0) is 11.8 Å². The molecule has 2 saturated heterocycles. The lowest BCUT2D eigenvalue weighted by Crippen LogP contribution is -2.57. The van der Waals surface area contributed by atoms with E-state index in [2.05, 4.69) is 15.3 Å². The number of aromatic nitrogens is 2. The number of aryl methyl sites for hydroxylation is 1. The van der Waals surface area contributed by atoms with Gasteiger partial charge in [-0.2, -0.15) is 5.10 Å². The second-order valence-corrected chi connectivity index (χ2v) is 5.31. The van der Waals surface area contributed by atoms with Crippen molar-refractivity contribution in [2.45, 2.75) is 18.9 Å². The number of rotatable bonds is 2. The number of carbonyl (C=O) groups excluding carboxylic acids is 1. The number of hydrogen-bond donors (Lipinski definition) is 1. The standard InChI is InChI=1S/C13H21N5O/c1-16-10-11(9-15-16)18-6-2-3-12(13(18)19)17-7-4-14-5-8-17/h9-10,12,14H,2-8H2,1H3. The molecule has 1 aromatic rings. The first-order valence-corrected chi connectivity index (χ1v) is 7.00. The van der Waals surface area contributed by atoms with E-state index in [1.807, 2.05) is 18.1 Å². The Hall–Kier alpha value is -1.40. The zero-order valence-corrected chi connectivity index (χ0v) is 11.4. The van der Waals surface area contributed by atoms with Crippen LogP contribution in [0.1, 0.15) is 12.8 Å². The third kappa shape index (κ3) is 2.50. The molecule has 0 saturated carbocycles. The average Bonchev–Trinajstić information content (AvgIpc) is 2.86. The number of anilines is 1. The number of piperidine rings is 1. The van der Waals surface area contributed by atoms with Gasteiger partial charge in [0.15, 0.2) is 0 Å². The molecule has 1 atom stereocenters. The summed E-state index contributed by atoms with van der Waals surface area (Å²) in [6, 6.07) is 0.0519. The quantitative estimate of drug-likeness (QED) is 0.804. The number of piperazine rings is 1. The van der Waals surface area contributed by atoms with Gasteiger partial charge < -0.3 is 10.2 Å². The van der Waals surface area contributed by atoms with Gasteiger partial charge in [0.1, 0.15) is 0 Å². The highest BCUT2D eigenvalue weighted by atomic mass is 16.2. The smallest absolute Gasteiger partial charge is 0.244 e. The minimum atomic E-state index is 0.0519. The van der Waals surface area contributed by atoms with Crippen LogP contribution < -0.4 is 10.2 Å². The molecule has 1 N–H and O–H groups in total. The molecular weight excluding hydrogens is 242 g/mol. The lowest BCUT2D eigenvalue weighted by atomic mass is 10.0. The lowest BCUT2D eigenvalue weighted by molar-refractivity contribution is -0.125. The summed E-state index contributed by atoms with van der Waals surface area (Å²) in [5, 5.41) is 7.50. The Labute approximate surface area is 113 Å². The van der Waals surface area contributed by atoms with E-state index in [4.69, 9.17) is 0 Å². The van der Waals surface area contributed by atoms with E-state index in [1.165, 1.54) is 0 Å². The van der Waals surface area contributed by atoms with Crippen LogP contribution in [0.4, 0.5) is 5.69 Å². The zero-order valence-electron chi connectivity index (χ0n) is 11.4. The van der Waals surface area contributed by atoms with Crippen molar-refractivity contribution in [2.24, 2.45) is 7.05 Å². The Bertz CT molecular complexity index is 452. The van der Waals surface area contributed by atoms with E-state index in [0.717, 1.165) is 51.3 Å². The van der Waals surface area contributed by atoms with Crippen molar-refractivity contribution < 1.29 is 4.79 Å². The van der Waals surface area contributed by atoms with Gasteiger partial charge >= 0.3 is 0 Å². The van der Waals surface area contributed by atoms with Crippen LogP contribution in [0.3, 0.4) is 0 Å². The molecule has 2 fully saturated rings. The second-order valence-electron chi connectivity index (χ2n) is 5.31. The van der Waals surface area contributed by atoms with Crippen molar-refractivity contribution >= 4 is 11.6 Å². The van der Waals surface area contributed by atoms with Gasteiger partial charge in [-0.25, -0.2) is 0 Å². The van der Waals surface area contributed by atoms with Crippen LogP contribution in [0.25, 0.3) is 0 Å². The highest BCUT2D eigenvalue weighted by molar-refractivity contribution is 5.97. The van der Waals surface area contributed by atoms with Crippen molar-refractivity contribution in [3.63, 3.8) is 0 Å². The Kier molecular flexibility index (Phi) is 3.52. The van der Waals surface area contributed by atoms with E-state index in [9.17, 15) is 4.79 Å². The SMILES string of the molecule is Cn1cc(N2CCCC(N3CCNCC3)C2=O)cn1. The molecule has 6 heteroatoms. The molecule has 19 heavy (non-hydrogen) atoms. The van der Waals surface area contributed by atoms with Gasteiger partial charge in [-0.1, -0.05) is 0 Å². The van der Waals surface area contributed by atoms with Gasteiger partial charge in [0.05, 0.1) is 17.9 Å². The molecule has 0 spiro atoms. The van der Waals surface area contributed by atoms with Gasteiger partial charge in [0.2, 0.25) is 5.91 Å². The summed E-state index contributed by atoms with van der Waals surface area (Å²) in [6.45, 7) is 4.72. The maximum Gasteiger partial charge on any atom is 0.244 e. The first-order chi connectivity index (χ1) is 9.25. The molecule has 0 aromatic carbocycles. The van der Waals surface area contributed by atoms with E-state index < -0.39 is 0 Å². The average molecular weight is 263 g/mol. The van der Waals surface area contributed by atoms with Gasteiger partial charge in [0, 0.05) is 46.0 Å². The Morgan fingerprint density at radius 3 is 2.79 bits per heavy atom. The fourth-order valence-corrected chi connectivity index (χ4v) is 2.99. The van der Waals surface area contributed by atoms with Crippen LogP contribution in [0.5, 0.6) is 0 Å². The van der Waals surface area contributed by atoms with Crippen LogP contribution >= 0.6 is 0 Å². The van der Waals surface area contributed by atoms with Crippen LogP contribution in [0.15, 0.2) is 12.4 Å². The molecule has 6 nitrogen and oxygen atoms in total. The molecule has 0 radical (unpaired) electrons. The zero-order chi connectivity index (χ0) is 13.2. The third-order valence-electron chi connectivity index (χ3n) is 4.01. The molecule has 1 aromatic heterocycles. The summed E-state index contributed by atoms with van der Waals surface area (Å²) in [6.07, 6.45) is 5.74. The van der Waals surface area contributed by atoms with E-state index in [-0.39, 0.29) is 11.9 Å². The summed E-state index contributed by atoms with van der Waals surface area (Å²) in [5.74, 6) is 0.237. The van der Waals surface area contributed by atoms with E-state index >= 15 is 0 Å². The molecule has 1 amide bonds. The summed E-state index contributed by atoms with van der Waals surface area (Å²) in [7, 11) is 1.88. The first-order valence-electron chi connectivity index (χ1n) is 7.00. The molecule has 2 aliphatic heterocycles. The summed E-state index contributed by atoms with van der Waals surface area (Å²) in [5.41, 5.74) is 0.923. The van der Waals surface area contributed by atoms with E-state index in [1.54, 1.807) is 10.9 Å². The molecule has 104 valence electrons. The Balaban J connectivity index is 1.75. The number of amides is 1. The van der Waals surface area contributed by atoms with Crippen molar-refractivity contribution in [1.82, 2.24) is 20.0 Å². The van der Waals surface area contributed by atoms with Crippen LogP contribution in [0, 0.1) is 0 Å². The Morgan fingerprint density at radius 2 is 2.11 bits per heavy atom. The highest BCUT2D eigenvalue weighted by Gasteiger charge is 2.34. The van der Waals surface area contributed by atoms with Crippen molar-refractivity contribution in [2.75, 3.05) is 37.6 Å². The second kappa shape index (κ2) is 5.30. The molecular formula is C13H21N5O. The van der Waals surface area contributed by atoms with Gasteiger partial charge in [0.25, 0.3) is 0 Å². The van der Waals surface area contributed by atoms with Gasteiger partial charge in [-0.3, -0.25) is 14.4 Å². The largest absolute Gasteiger partial charge is 0.314 e. The maximum absolute atomic E-state index is 12.7. The van der Waals surface area contributed by atoms with Crippen LogP contribution in [-0.4, -0.2) is 59.4 Å². The number of nitrogens with zero attached hydrogens (tertiary/aromatic N) is 4. The third-order valence-corrected chi connectivity index (χ3v) is 4.01. The van der Waals surface area contributed by atoms with Gasteiger partial charge in [-0.15, -0.1) is 0 Å². The van der Waals surface area contributed by atoms with Crippen LogP contribution in [0.2, 0.25) is 0 Å². The fourth-order valence-electron chi connectivity index (χ4n) is 2.99. The summed E-state index contributed by atoms with van der Waals surface area (Å²) in [4.78, 5) is 16.9. The summed E-state index contributed by atoms with van der Waals surface area (Å²) >= 11 is 0. The number of carbonyl (C=O) groups is 1. The molecule has 0 aliphatic carbocycles. The predicted octanol–water partition coefficient (Wildman–Crippen LogP) is -0.179. The molecule has 3 rings (SSSR count). The molecule has 1 unspecified atom stereocenters. The summed E-state index contributed by atoms with van der Waals surface area (Å²) < 4.78 is 1.75. The van der Waals surface area contributed by atoms with Gasteiger partial charge in [-0.05, 0) is 12.8 Å². The molecule has 0 bridgehead atoms. The monoisotopic (exact) mass is 263 g/mol. The lowest BCUT2D eigenvalue weighted by Gasteiger charge is -2.39. The Morgan fingerprint density at radius 1 is 1.32 bits per heavy atom. The minimum Gasteiger partial charge on any atom is -0.314 e. The maximum atomic E-state index is 12.7. The normalized spacial score (nSPS) is 25.8. The highest BCUT2D eigenvalue weighted by Crippen LogP contribution is 2.23. The van der Waals surface area contributed by atoms with Crippen molar-refractivity contribution in [3.05, 3.63) is 12.4 Å². The molecule has 3 heterocycles. The predicted molar refractivity (Wildman–Crippen MR) is 73.0 cm³/mol. The number of nitrogens with one attached hydrogen (secondary N) is 1. The number of hydrogen-bond acceptors (Lipinski definition) is 4. The topological polar surface area (TPSA) is 53.4 Å². The first kappa shape index (κ1) is 12.6. The minimum absolute atomic E-state index is 0.0519. The fraction of sp³-hybridized carbons (Fsp3) is 0.692. The van der Waals surface area contributed by atoms with Crippen molar-refractivity contribution in [1.29, 1.82) is 0 Å². The molecule has 2 aliphatic rings.